The molecule has 0 bridgehead atoms. The van der Waals surface area contributed by atoms with Crippen LogP contribution in [0.25, 0.3) is 0 Å². The van der Waals surface area contributed by atoms with Crippen LogP contribution in [0.2, 0.25) is 5.02 Å². The molecule has 1 fully saturated rings. The Balaban J connectivity index is 1.72. The van der Waals surface area contributed by atoms with E-state index in [2.05, 4.69) is 9.97 Å². The molecular weight excluding hydrogens is 333 g/mol. The van der Waals surface area contributed by atoms with Gasteiger partial charge in [0.2, 0.25) is 5.88 Å². The number of hydrogen-bond donors (Lipinski definition) is 0. The van der Waals surface area contributed by atoms with Crippen LogP contribution in [0.15, 0.2) is 30.5 Å². The Bertz CT molecular complexity index is 736. The third-order valence-corrected chi connectivity index (χ3v) is 4.19. The number of halogens is 2. The Morgan fingerprint density at radius 1 is 1.42 bits per heavy atom. The number of hydrogen-bond acceptors (Lipinski definition) is 4. The molecule has 2 aromatic rings. The standard InChI is InChI=1S/C17H17ClFN3O2/c1-11-20-8-7-15(21-11)24-12-4-3-9-22(10-12)17(23)16-13(18)5-2-6-14(16)19/h2,5-8,12H,3-4,9-10H2,1H3. The molecule has 1 aromatic heterocycles. The highest BCUT2D eigenvalue weighted by Crippen LogP contribution is 2.24. The van der Waals surface area contributed by atoms with Crippen molar-refractivity contribution in [1.82, 2.24) is 14.9 Å². The Morgan fingerprint density at radius 2 is 2.25 bits per heavy atom. The summed E-state index contributed by atoms with van der Waals surface area (Å²) in [6.45, 7) is 2.70. The van der Waals surface area contributed by atoms with Gasteiger partial charge in [0, 0.05) is 18.8 Å². The second-order valence-corrected chi connectivity index (χ2v) is 6.08. The van der Waals surface area contributed by atoms with Crippen LogP contribution < -0.4 is 4.74 Å². The first-order valence-corrected chi connectivity index (χ1v) is 8.12. The maximum Gasteiger partial charge on any atom is 0.258 e. The lowest BCUT2D eigenvalue weighted by atomic mass is 10.1. The van der Waals surface area contributed by atoms with E-state index in [0.717, 1.165) is 12.8 Å². The minimum atomic E-state index is -0.609. The van der Waals surface area contributed by atoms with Gasteiger partial charge in [-0.25, -0.2) is 9.37 Å². The van der Waals surface area contributed by atoms with E-state index in [9.17, 15) is 9.18 Å². The van der Waals surface area contributed by atoms with Crippen LogP contribution in [-0.4, -0.2) is 40.0 Å². The van der Waals surface area contributed by atoms with E-state index in [-0.39, 0.29) is 16.7 Å². The second kappa shape index (κ2) is 7.13. The molecule has 3 rings (SSSR count). The number of benzene rings is 1. The molecule has 5 nitrogen and oxygen atoms in total. The van der Waals surface area contributed by atoms with Crippen LogP contribution >= 0.6 is 11.6 Å². The summed E-state index contributed by atoms with van der Waals surface area (Å²) in [6.07, 6.45) is 3.01. The molecule has 1 aliphatic heterocycles. The van der Waals surface area contributed by atoms with E-state index in [1.54, 1.807) is 24.1 Å². The number of carbonyl (C=O) groups excluding carboxylic acids is 1. The van der Waals surface area contributed by atoms with Crippen LogP contribution in [0, 0.1) is 12.7 Å². The molecule has 0 saturated carbocycles. The molecule has 1 unspecified atom stereocenters. The zero-order valence-electron chi connectivity index (χ0n) is 13.2. The molecule has 126 valence electrons. The summed E-state index contributed by atoms with van der Waals surface area (Å²) >= 11 is 5.99. The van der Waals surface area contributed by atoms with Gasteiger partial charge in [0.1, 0.15) is 17.7 Å². The molecule has 0 aliphatic carbocycles. The number of aryl methyl sites for hydroxylation is 1. The van der Waals surface area contributed by atoms with Crippen LogP contribution in [0.4, 0.5) is 4.39 Å². The van der Waals surface area contributed by atoms with E-state index < -0.39 is 11.7 Å². The third kappa shape index (κ3) is 3.64. The van der Waals surface area contributed by atoms with Crippen molar-refractivity contribution in [2.24, 2.45) is 0 Å². The van der Waals surface area contributed by atoms with Crippen molar-refractivity contribution in [3.05, 3.63) is 52.7 Å². The number of likely N-dealkylation sites (tertiary alicyclic amines) is 1. The molecule has 1 aliphatic rings. The number of amides is 1. The molecule has 1 aromatic carbocycles. The summed E-state index contributed by atoms with van der Waals surface area (Å²) in [5.74, 6) is 0.0762. The minimum absolute atomic E-state index is 0.0855. The number of ether oxygens (including phenoxy) is 1. The molecule has 0 radical (unpaired) electrons. The molecule has 1 atom stereocenters. The molecule has 0 spiro atoms. The van der Waals surface area contributed by atoms with Gasteiger partial charge in [0.25, 0.3) is 5.91 Å². The first-order valence-electron chi connectivity index (χ1n) is 7.74. The van der Waals surface area contributed by atoms with Gasteiger partial charge in [0.05, 0.1) is 17.1 Å². The maximum atomic E-state index is 14.0. The van der Waals surface area contributed by atoms with Gasteiger partial charge in [-0.1, -0.05) is 17.7 Å². The van der Waals surface area contributed by atoms with Gasteiger partial charge in [-0.05, 0) is 31.9 Å². The average molecular weight is 350 g/mol. The van der Waals surface area contributed by atoms with Crippen LogP contribution in [0.3, 0.4) is 0 Å². The first-order chi connectivity index (χ1) is 11.5. The number of carbonyl (C=O) groups is 1. The summed E-state index contributed by atoms with van der Waals surface area (Å²) in [5, 5.41) is 0.120. The SMILES string of the molecule is Cc1nccc(OC2CCCN(C(=O)c3c(F)cccc3Cl)C2)n1. The second-order valence-electron chi connectivity index (χ2n) is 5.67. The van der Waals surface area contributed by atoms with E-state index in [1.165, 1.54) is 18.2 Å². The highest BCUT2D eigenvalue weighted by Gasteiger charge is 2.28. The fraction of sp³-hybridized carbons (Fsp3) is 0.353. The minimum Gasteiger partial charge on any atom is -0.472 e. The Morgan fingerprint density at radius 3 is 3.00 bits per heavy atom. The zero-order valence-corrected chi connectivity index (χ0v) is 14.0. The monoisotopic (exact) mass is 349 g/mol. The van der Waals surface area contributed by atoms with E-state index in [4.69, 9.17) is 16.3 Å². The van der Waals surface area contributed by atoms with Gasteiger partial charge in [0.15, 0.2) is 0 Å². The predicted octanol–water partition coefficient (Wildman–Crippen LogP) is 3.26. The Hall–Kier alpha value is -2.21. The summed E-state index contributed by atoms with van der Waals surface area (Å²) in [5.41, 5.74) is -0.0855. The van der Waals surface area contributed by atoms with Gasteiger partial charge in [-0.3, -0.25) is 4.79 Å². The quantitative estimate of drug-likeness (QED) is 0.853. The fourth-order valence-corrected chi connectivity index (χ4v) is 2.99. The van der Waals surface area contributed by atoms with Crippen molar-refractivity contribution in [1.29, 1.82) is 0 Å². The number of rotatable bonds is 3. The number of nitrogens with zero attached hydrogens (tertiary/aromatic N) is 3. The van der Waals surface area contributed by atoms with E-state index in [0.29, 0.717) is 24.8 Å². The Labute approximate surface area is 144 Å². The van der Waals surface area contributed by atoms with Gasteiger partial charge >= 0.3 is 0 Å². The molecular formula is C17H17ClFN3O2. The zero-order chi connectivity index (χ0) is 17.1. The maximum absolute atomic E-state index is 14.0. The summed E-state index contributed by atoms with van der Waals surface area (Å²) in [7, 11) is 0. The fourth-order valence-electron chi connectivity index (χ4n) is 2.75. The van der Waals surface area contributed by atoms with Gasteiger partial charge in [-0.2, -0.15) is 4.98 Å². The summed E-state index contributed by atoms with van der Waals surface area (Å²) < 4.78 is 19.8. The molecule has 0 N–H and O–H groups in total. The highest BCUT2D eigenvalue weighted by molar-refractivity contribution is 6.33. The third-order valence-electron chi connectivity index (χ3n) is 3.88. The van der Waals surface area contributed by atoms with E-state index in [1.807, 2.05) is 0 Å². The van der Waals surface area contributed by atoms with Crippen molar-refractivity contribution in [3.8, 4) is 5.88 Å². The van der Waals surface area contributed by atoms with Crippen LogP contribution in [0.1, 0.15) is 29.0 Å². The first kappa shape index (κ1) is 16.6. The molecule has 7 heteroatoms. The number of aromatic nitrogens is 2. The van der Waals surface area contributed by atoms with E-state index >= 15 is 0 Å². The Kier molecular flexibility index (Phi) is 4.94. The van der Waals surface area contributed by atoms with Gasteiger partial charge < -0.3 is 9.64 Å². The molecule has 1 saturated heterocycles. The molecule has 2 heterocycles. The van der Waals surface area contributed by atoms with Crippen molar-refractivity contribution in [2.75, 3.05) is 13.1 Å². The lowest BCUT2D eigenvalue weighted by molar-refractivity contribution is 0.0523. The van der Waals surface area contributed by atoms with Gasteiger partial charge in [-0.15, -0.1) is 0 Å². The molecule has 24 heavy (non-hydrogen) atoms. The highest BCUT2D eigenvalue weighted by atomic mass is 35.5. The van der Waals surface area contributed by atoms with Crippen LogP contribution in [-0.2, 0) is 0 Å². The van der Waals surface area contributed by atoms with Crippen molar-refractivity contribution < 1.29 is 13.9 Å². The average Bonchev–Trinajstić information content (AvgIpc) is 2.55. The van der Waals surface area contributed by atoms with Crippen molar-refractivity contribution >= 4 is 17.5 Å². The van der Waals surface area contributed by atoms with Crippen molar-refractivity contribution in [3.63, 3.8) is 0 Å². The predicted molar refractivity (Wildman–Crippen MR) is 87.7 cm³/mol. The molecule has 1 amide bonds. The largest absolute Gasteiger partial charge is 0.472 e. The van der Waals surface area contributed by atoms with Crippen molar-refractivity contribution in [2.45, 2.75) is 25.9 Å². The van der Waals surface area contributed by atoms with Crippen LogP contribution in [0.5, 0.6) is 5.88 Å². The smallest absolute Gasteiger partial charge is 0.258 e. The summed E-state index contributed by atoms with van der Waals surface area (Å²) in [4.78, 5) is 22.4. The lowest BCUT2D eigenvalue weighted by Gasteiger charge is -2.32. The summed E-state index contributed by atoms with van der Waals surface area (Å²) in [6, 6.07) is 5.91. The number of piperidine rings is 1. The normalized spacial score (nSPS) is 17.6. The lowest BCUT2D eigenvalue weighted by Crippen LogP contribution is -2.44. The topological polar surface area (TPSA) is 55.3 Å².